The van der Waals surface area contributed by atoms with Crippen molar-refractivity contribution in [1.82, 2.24) is 14.4 Å². The van der Waals surface area contributed by atoms with Gasteiger partial charge in [0.15, 0.2) is 6.61 Å². The van der Waals surface area contributed by atoms with E-state index in [0.717, 1.165) is 4.31 Å². The average Bonchev–Trinajstić information content (AvgIpc) is 3.34. The van der Waals surface area contributed by atoms with Crippen molar-refractivity contribution in [2.45, 2.75) is 25.2 Å². The summed E-state index contributed by atoms with van der Waals surface area (Å²) in [6.45, 7) is 1.62. The molecule has 0 unspecified atom stereocenters. The van der Waals surface area contributed by atoms with Gasteiger partial charge >= 0.3 is 5.97 Å². The highest BCUT2D eigenvalue weighted by Gasteiger charge is 2.22. The fourth-order valence-corrected chi connectivity index (χ4v) is 3.02. The van der Waals surface area contributed by atoms with Gasteiger partial charge in [-0.25, -0.2) is 17.5 Å². The quantitative estimate of drug-likeness (QED) is 0.503. The zero-order valence-corrected chi connectivity index (χ0v) is 16.8. The van der Waals surface area contributed by atoms with Gasteiger partial charge in [0.1, 0.15) is 18.1 Å². The zero-order valence-electron chi connectivity index (χ0n) is 16.0. The lowest BCUT2D eigenvalue weighted by Gasteiger charge is -2.08. The van der Waals surface area contributed by atoms with Crippen molar-refractivity contribution in [3.63, 3.8) is 0 Å². The Balaban J connectivity index is 1.54. The van der Waals surface area contributed by atoms with Gasteiger partial charge in [0.2, 0.25) is 16.8 Å². The van der Waals surface area contributed by atoms with E-state index in [4.69, 9.17) is 18.4 Å². The Morgan fingerprint density at radius 2 is 1.83 bits per heavy atom. The van der Waals surface area contributed by atoms with E-state index in [2.05, 4.69) is 10.1 Å². The van der Waals surface area contributed by atoms with E-state index in [1.165, 1.54) is 26.2 Å². The van der Waals surface area contributed by atoms with Crippen LogP contribution in [-0.2, 0) is 28.0 Å². The Labute approximate surface area is 167 Å². The first kappa shape index (κ1) is 20.6. The number of aromatic nitrogens is 2. The predicted molar refractivity (Wildman–Crippen MR) is 98.5 cm³/mol. The van der Waals surface area contributed by atoms with Crippen LogP contribution in [0.1, 0.15) is 27.8 Å². The largest absolute Gasteiger partial charge is 0.485 e. The maximum atomic E-state index is 12.2. The van der Waals surface area contributed by atoms with E-state index in [9.17, 15) is 13.2 Å². The SMILES string of the molecule is Cc1nc(COc2ccc(C(=O)OCc3ccc(S(=O)(=O)N(C)C)o3)cc2)no1. The van der Waals surface area contributed by atoms with Crippen molar-refractivity contribution >= 4 is 16.0 Å². The smallest absolute Gasteiger partial charge is 0.338 e. The van der Waals surface area contributed by atoms with E-state index in [-0.39, 0.29) is 24.1 Å². The highest BCUT2D eigenvalue weighted by molar-refractivity contribution is 7.88. The highest BCUT2D eigenvalue weighted by atomic mass is 32.2. The number of nitrogens with zero attached hydrogens (tertiary/aromatic N) is 3. The molecule has 0 aliphatic heterocycles. The van der Waals surface area contributed by atoms with Gasteiger partial charge in [-0.05, 0) is 36.4 Å². The topological polar surface area (TPSA) is 125 Å². The fourth-order valence-electron chi connectivity index (χ4n) is 2.21. The summed E-state index contributed by atoms with van der Waals surface area (Å²) in [5, 5.41) is 3.51. The first-order valence-corrected chi connectivity index (χ1v) is 9.90. The van der Waals surface area contributed by atoms with E-state index in [1.807, 2.05) is 0 Å². The first-order chi connectivity index (χ1) is 13.8. The molecule has 3 aromatic rings. The second kappa shape index (κ2) is 8.45. The van der Waals surface area contributed by atoms with Crippen LogP contribution in [0.15, 0.2) is 50.4 Å². The van der Waals surface area contributed by atoms with Crippen molar-refractivity contribution < 1.29 is 31.6 Å². The molecule has 0 aliphatic carbocycles. The summed E-state index contributed by atoms with van der Waals surface area (Å²) in [5.41, 5.74) is 0.306. The maximum absolute atomic E-state index is 12.2. The minimum atomic E-state index is -3.68. The van der Waals surface area contributed by atoms with Crippen molar-refractivity contribution in [2.24, 2.45) is 0 Å². The van der Waals surface area contributed by atoms with Gasteiger partial charge in [-0.2, -0.15) is 4.98 Å². The number of benzene rings is 1. The van der Waals surface area contributed by atoms with E-state index in [1.54, 1.807) is 31.2 Å². The number of carbonyl (C=O) groups excluding carboxylic acids is 1. The van der Waals surface area contributed by atoms with E-state index < -0.39 is 16.0 Å². The van der Waals surface area contributed by atoms with E-state index >= 15 is 0 Å². The number of sulfonamides is 1. The summed E-state index contributed by atoms with van der Waals surface area (Å²) in [4.78, 5) is 16.2. The van der Waals surface area contributed by atoms with Crippen molar-refractivity contribution in [3.8, 4) is 5.75 Å². The second-order valence-electron chi connectivity index (χ2n) is 6.13. The van der Waals surface area contributed by atoms with E-state index in [0.29, 0.717) is 23.0 Å². The monoisotopic (exact) mass is 421 g/mol. The number of ether oxygens (including phenoxy) is 2. The number of furan rings is 1. The summed E-state index contributed by atoms with van der Waals surface area (Å²) >= 11 is 0. The van der Waals surface area contributed by atoms with Gasteiger partial charge in [0.25, 0.3) is 10.0 Å². The molecule has 29 heavy (non-hydrogen) atoms. The van der Waals surface area contributed by atoms with Gasteiger partial charge in [-0.1, -0.05) is 5.16 Å². The van der Waals surface area contributed by atoms with Crippen LogP contribution in [0.5, 0.6) is 5.75 Å². The van der Waals surface area contributed by atoms with Crippen LogP contribution in [0.2, 0.25) is 0 Å². The molecule has 0 saturated heterocycles. The molecule has 1 aromatic carbocycles. The number of hydrogen-bond donors (Lipinski definition) is 0. The summed E-state index contributed by atoms with van der Waals surface area (Å²) < 4.78 is 45.8. The fraction of sp³-hybridized carbons (Fsp3) is 0.278. The minimum Gasteiger partial charge on any atom is -0.485 e. The highest BCUT2D eigenvalue weighted by Crippen LogP contribution is 2.19. The summed E-state index contributed by atoms with van der Waals surface area (Å²) in [6.07, 6.45) is 0. The van der Waals surface area contributed by atoms with Crippen molar-refractivity contribution in [2.75, 3.05) is 14.1 Å². The molecular weight excluding hydrogens is 402 g/mol. The molecule has 2 aromatic heterocycles. The van der Waals surface area contributed by atoms with Gasteiger partial charge in [0, 0.05) is 21.0 Å². The molecule has 0 fully saturated rings. The molecule has 0 radical (unpaired) electrons. The number of carbonyl (C=O) groups is 1. The third-order valence-corrected chi connectivity index (χ3v) is 5.43. The lowest BCUT2D eigenvalue weighted by atomic mass is 10.2. The zero-order chi connectivity index (χ0) is 21.0. The molecule has 3 rings (SSSR count). The third-order valence-electron chi connectivity index (χ3n) is 3.75. The normalized spacial score (nSPS) is 11.6. The van der Waals surface area contributed by atoms with Crippen molar-refractivity contribution in [3.05, 3.63) is 59.4 Å². The Bertz CT molecular complexity index is 1080. The molecule has 0 aliphatic rings. The number of rotatable bonds is 8. The van der Waals surface area contributed by atoms with Crippen LogP contribution < -0.4 is 4.74 Å². The van der Waals surface area contributed by atoms with Gasteiger partial charge in [-0.15, -0.1) is 0 Å². The van der Waals surface area contributed by atoms with Crippen LogP contribution in [0.4, 0.5) is 0 Å². The Hall–Kier alpha value is -3.18. The molecule has 11 heteroatoms. The molecule has 2 heterocycles. The van der Waals surface area contributed by atoms with Gasteiger partial charge in [0.05, 0.1) is 5.56 Å². The van der Waals surface area contributed by atoms with Crippen LogP contribution in [0, 0.1) is 6.92 Å². The lowest BCUT2D eigenvalue weighted by molar-refractivity contribution is 0.0440. The Morgan fingerprint density at radius 1 is 1.10 bits per heavy atom. The van der Waals surface area contributed by atoms with Crippen LogP contribution >= 0.6 is 0 Å². The molecule has 0 bridgehead atoms. The molecule has 0 N–H and O–H groups in total. The predicted octanol–water partition coefficient (Wildman–Crippen LogP) is 2.16. The summed E-state index contributed by atoms with van der Waals surface area (Å²) in [7, 11) is -0.884. The Kier molecular flexibility index (Phi) is 5.99. The molecule has 0 saturated carbocycles. The third kappa shape index (κ3) is 5.00. The second-order valence-corrected chi connectivity index (χ2v) is 8.21. The molecule has 0 atom stereocenters. The lowest BCUT2D eigenvalue weighted by Crippen LogP contribution is -2.21. The summed E-state index contributed by atoms with van der Waals surface area (Å²) in [6, 6.07) is 9.07. The summed E-state index contributed by atoms with van der Waals surface area (Å²) in [5.74, 6) is 1.02. The van der Waals surface area contributed by atoms with Crippen molar-refractivity contribution in [1.29, 1.82) is 0 Å². The molecule has 154 valence electrons. The first-order valence-electron chi connectivity index (χ1n) is 8.46. The molecule has 0 spiro atoms. The molecular formula is C18H19N3O7S. The maximum Gasteiger partial charge on any atom is 0.338 e. The average molecular weight is 421 g/mol. The number of aryl methyl sites for hydroxylation is 1. The molecule has 0 amide bonds. The number of hydrogen-bond acceptors (Lipinski definition) is 9. The molecule has 10 nitrogen and oxygen atoms in total. The van der Waals surface area contributed by atoms with Gasteiger partial charge in [-0.3, -0.25) is 0 Å². The number of esters is 1. The van der Waals surface area contributed by atoms with Crippen LogP contribution in [0.3, 0.4) is 0 Å². The standard InChI is InChI=1S/C18H19N3O7S/c1-12-19-16(20-28-12)11-25-14-6-4-13(5-7-14)18(22)26-10-15-8-9-17(27-15)29(23,24)21(2)3/h4-9H,10-11H2,1-3H3. The minimum absolute atomic E-state index is 0.137. The van der Waals surface area contributed by atoms with Crippen LogP contribution in [-0.4, -0.2) is 42.9 Å². The Morgan fingerprint density at radius 3 is 2.45 bits per heavy atom. The van der Waals surface area contributed by atoms with Gasteiger partial charge < -0.3 is 18.4 Å². The van der Waals surface area contributed by atoms with Crippen LogP contribution in [0.25, 0.3) is 0 Å².